The Labute approximate surface area is 98.3 Å². The van der Waals surface area contributed by atoms with Gasteiger partial charge in [-0.3, -0.25) is 0 Å². The quantitative estimate of drug-likeness (QED) is 0.742. The zero-order valence-electron chi connectivity index (χ0n) is 10.4. The summed E-state index contributed by atoms with van der Waals surface area (Å²) in [6, 6.07) is 8.19. The predicted molar refractivity (Wildman–Crippen MR) is 69.8 cm³/mol. The molecule has 2 nitrogen and oxygen atoms in total. The zero-order chi connectivity index (χ0) is 11.8. The molecule has 1 rings (SSSR count). The Morgan fingerprint density at radius 2 is 2.12 bits per heavy atom. The normalized spacial score (nSPS) is 11.6. The van der Waals surface area contributed by atoms with E-state index in [9.17, 15) is 0 Å². The summed E-state index contributed by atoms with van der Waals surface area (Å²) in [5, 5.41) is 3.14. The monoisotopic (exact) mass is 219 g/mol. The number of ether oxygens (including phenoxy) is 1. The van der Waals surface area contributed by atoms with Gasteiger partial charge in [-0.1, -0.05) is 24.3 Å². The summed E-state index contributed by atoms with van der Waals surface area (Å²) in [6.45, 7) is 5.86. The summed E-state index contributed by atoms with van der Waals surface area (Å²) >= 11 is 0. The van der Waals surface area contributed by atoms with Crippen molar-refractivity contribution < 1.29 is 4.74 Å². The van der Waals surface area contributed by atoms with Crippen LogP contribution in [-0.4, -0.2) is 20.2 Å². The molecule has 0 aliphatic carbocycles. The average Bonchev–Trinajstić information content (AvgIpc) is 2.30. The highest BCUT2D eigenvalue weighted by Crippen LogP contribution is 2.25. The summed E-state index contributed by atoms with van der Waals surface area (Å²) in [4.78, 5) is 0. The third-order valence-electron chi connectivity index (χ3n) is 2.46. The second-order valence-corrected chi connectivity index (χ2v) is 3.71. The molecule has 0 amide bonds. The van der Waals surface area contributed by atoms with Gasteiger partial charge in [-0.15, -0.1) is 0 Å². The van der Waals surface area contributed by atoms with Crippen molar-refractivity contribution in [1.82, 2.24) is 5.32 Å². The van der Waals surface area contributed by atoms with Crippen LogP contribution in [0, 0.1) is 0 Å². The Kier molecular flexibility index (Phi) is 5.65. The average molecular weight is 219 g/mol. The summed E-state index contributed by atoms with van der Waals surface area (Å²) < 4.78 is 5.61. The van der Waals surface area contributed by atoms with Crippen molar-refractivity contribution in [1.29, 1.82) is 0 Å². The standard InChI is InChI=1S/C14H21NO/c1-4-16-14-10-6-5-9-13(14)12(2)8-7-11-15-3/h5-6,8-10,15H,4,7,11H2,1-3H3. The molecular weight excluding hydrogens is 198 g/mol. The van der Waals surface area contributed by atoms with E-state index in [4.69, 9.17) is 4.74 Å². The van der Waals surface area contributed by atoms with E-state index in [0.717, 1.165) is 18.7 Å². The number of benzene rings is 1. The zero-order valence-corrected chi connectivity index (χ0v) is 10.4. The van der Waals surface area contributed by atoms with E-state index in [1.54, 1.807) is 0 Å². The molecule has 0 saturated carbocycles. The molecule has 2 heteroatoms. The molecule has 0 atom stereocenters. The molecular formula is C14H21NO. The number of hydrogen-bond donors (Lipinski definition) is 1. The summed E-state index contributed by atoms with van der Waals surface area (Å²) in [6.07, 6.45) is 3.29. The molecule has 0 radical (unpaired) electrons. The fraction of sp³-hybridized carbons (Fsp3) is 0.429. The highest BCUT2D eigenvalue weighted by molar-refractivity contribution is 5.68. The molecule has 0 heterocycles. The Hall–Kier alpha value is -1.28. The number of para-hydroxylation sites is 1. The molecule has 16 heavy (non-hydrogen) atoms. The lowest BCUT2D eigenvalue weighted by molar-refractivity contribution is 0.339. The Bertz CT molecular complexity index is 344. The molecule has 0 bridgehead atoms. The van der Waals surface area contributed by atoms with Gasteiger partial charge in [-0.25, -0.2) is 0 Å². The second-order valence-electron chi connectivity index (χ2n) is 3.71. The van der Waals surface area contributed by atoms with Crippen molar-refractivity contribution in [2.24, 2.45) is 0 Å². The van der Waals surface area contributed by atoms with Crippen LogP contribution in [0.3, 0.4) is 0 Å². The maximum absolute atomic E-state index is 5.61. The minimum absolute atomic E-state index is 0.709. The van der Waals surface area contributed by atoms with Gasteiger partial charge in [0.2, 0.25) is 0 Å². The van der Waals surface area contributed by atoms with Gasteiger partial charge in [-0.2, -0.15) is 0 Å². The Morgan fingerprint density at radius 3 is 2.81 bits per heavy atom. The lowest BCUT2D eigenvalue weighted by atomic mass is 10.1. The molecule has 1 aromatic carbocycles. The van der Waals surface area contributed by atoms with Gasteiger partial charge in [0, 0.05) is 5.56 Å². The van der Waals surface area contributed by atoms with Gasteiger partial charge in [-0.05, 0) is 45.5 Å². The third kappa shape index (κ3) is 3.70. The van der Waals surface area contributed by atoms with Gasteiger partial charge in [0.15, 0.2) is 0 Å². The molecule has 0 fully saturated rings. The third-order valence-corrected chi connectivity index (χ3v) is 2.46. The van der Waals surface area contributed by atoms with Crippen LogP contribution in [0.5, 0.6) is 5.75 Å². The molecule has 0 aliphatic rings. The van der Waals surface area contributed by atoms with E-state index in [1.807, 2.05) is 32.2 Å². The first-order chi connectivity index (χ1) is 7.79. The first kappa shape index (κ1) is 12.8. The molecule has 0 aromatic heterocycles. The molecule has 0 unspecified atom stereocenters. The van der Waals surface area contributed by atoms with Crippen LogP contribution < -0.4 is 10.1 Å². The number of hydrogen-bond acceptors (Lipinski definition) is 2. The van der Waals surface area contributed by atoms with E-state index in [-0.39, 0.29) is 0 Å². The lowest BCUT2D eigenvalue weighted by Gasteiger charge is -2.10. The van der Waals surface area contributed by atoms with Crippen LogP contribution in [0.4, 0.5) is 0 Å². The maximum atomic E-state index is 5.61. The molecule has 1 N–H and O–H groups in total. The van der Waals surface area contributed by atoms with E-state index < -0.39 is 0 Å². The summed E-state index contributed by atoms with van der Waals surface area (Å²) in [7, 11) is 1.97. The van der Waals surface area contributed by atoms with E-state index >= 15 is 0 Å². The molecule has 0 spiro atoms. The van der Waals surface area contributed by atoms with E-state index in [2.05, 4.69) is 24.4 Å². The van der Waals surface area contributed by atoms with Gasteiger partial charge in [0.25, 0.3) is 0 Å². The van der Waals surface area contributed by atoms with Crippen molar-refractivity contribution in [3.8, 4) is 5.75 Å². The van der Waals surface area contributed by atoms with Crippen LogP contribution >= 0.6 is 0 Å². The second kappa shape index (κ2) is 7.07. The van der Waals surface area contributed by atoms with Gasteiger partial charge in [0.05, 0.1) is 6.61 Å². The fourth-order valence-electron chi connectivity index (χ4n) is 1.62. The minimum Gasteiger partial charge on any atom is -0.493 e. The van der Waals surface area contributed by atoms with Crippen LogP contribution in [0.15, 0.2) is 30.3 Å². The van der Waals surface area contributed by atoms with E-state index in [1.165, 1.54) is 11.1 Å². The molecule has 0 aliphatic heterocycles. The predicted octanol–water partition coefficient (Wildman–Crippen LogP) is 3.10. The van der Waals surface area contributed by atoms with Crippen LogP contribution in [0.1, 0.15) is 25.8 Å². The summed E-state index contributed by atoms with van der Waals surface area (Å²) in [5.41, 5.74) is 2.47. The summed E-state index contributed by atoms with van der Waals surface area (Å²) in [5.74, 6) is 0.975. The van der Waals surface area contributed by atoms with Gasteiger partial charge >= 0.3 is 0 Å². The van der Waals surface area contributed by atoms with Crippen LogP contribution in [-0.2, 0) is 0 Å². The van der Waals surface area contributed by atoms with Crippen molar-refractivity contribution in [2.75, 3.05) is 20.2 Å². The van der Waals surface area contributed by atoms with E-state index in [0.29, 0.717) is 6.61 Å². The van der Waals surface area contributed by atoms with Crippen molar-refractivity contribution >= 4 is 5.57 Å². The van der Waals surface area contributed by atoms with Crippen molar-refractivity contribution in [2.45, 2.75) is 20.3 Å². The van der Waals surface area contributed by atoms with Crippen LogP contribution in [0.25, 0.3) is 5.57 Å². The van der Waals surface area contributed by atoms with Crippen molar-refractivity contribution in [3.63, 3.8) is 0 Å². The highest BCUT2D eigenvalue weighted by Gasteiger charge is 2.03. The number of nitrogens with one attached hydrogen (secondary N) is 1. The lowest BCUT2D eigenvalue weighted by Crippen LogP contribution is -2.06. The smallest absolute Gasteiger partial charge is 0.126 e. The van der Waals surface area contributed by atoms with Gasteiger partial charge < -0.3 is 10.1 Å². The SMILES string of the molecule is CCOc1ccccc1C(C)=CCCNC. The first-order valence-corrected chi connectivity index (χ1v) is 5.83. The van der Waals surface area contributed by atoms with Crippen LogP contribution in [0.2, 0.25) is 0 Å². The fourth-order valence-corrected chi connectivity index (χ4v) is 1.62. The van der Waals surface area contributed by atoms with Gasteiger partial charge in [0.1, 0.15) is 5.75 Å². The highest BCUT2D eigenvalue weighted by atomic mass is 16.5. The molecule has 0 saturated heterocycles. The number of rotatable bonds is 6. The first-order valence-electron chi connectivity index (χ1n) is 5.83. The largest absolute Gasteiger partial charge is 0.493 e. The topological polar surface area (TPSA) is 21.3 Å². The Balaban J connectivity index is 2.80. The molecule has 1 aromatic rings. The minimum atomic E-state index is 0.709. The maximum Gasteiger partial charge on any atom is 0.126 e. The van der Waals surface area contributed by atoms with Crippen molar-refractivity contribution in [3.05, 3.63) is 35.9 Å². The number of allylic oxidation sites excluding steroid dienone is 1. The Morgan fingerprint density at radius 1 is 1.38 bits per heavy atom. The molecule has 88 valence electrons.